The molecule has 100 valence electrons. The van der Waals surface area contributed by atoms with Crippen LogP contribution in [0.25, 0.3) is 0 Å². The van der Waals surface area contributed by atoms with Crippen molar-refractivity contribution in [1.29, 1.82) is 0 Å². The van der Waals surface area contributed by atoms with E-state index >= 15 is 0 Å². The van der Waals surface area contributed by atoms with Crippen molar-refractivity contribution in [2.45, 2.75) is 13.0 Å². The van der Waals surface area contributed by atoms with Crippen molar-refractivity contribution in [3.63, 3.8) is 0 Å². The SMILES string of the molecule is Cc1ccccc1C(OCCN)c1cccc(F)c1. The van der Waals surface area contributed by atoms with Crippen LogP contribution in [-0.4, -0.2) is 13.2 Å². The summed E-state index contributed by atoms with van der Waals surface area (Å²) in [6.07, 6.45) is -0.277. The van der Waals surface area contributed by atoms with Crippen molar-refractivity contribution >= 4 is 0 Å². The lowest BCUT2D eigenvalue weighted by atomic mass is 9.97. The van der Waals surface area contributed by atoms with Crippen LogP contribution in [0.5, 0.6) is 0 Å². The summed E-state index contributed by atoms with van der Waals surface area (Å²) < 4.78 is 19.2. The number of ether oxygens (including phenoxy) is 1. The minimum atomic E-state index is -0.277. The van der Waals surface area contributed by atoms with Crippen LogP contribution in [0.2, 0.25) is 0 Å². The maximum atomic E-state index is 13.4. The second kappa shape index (κ2) is 6.45. The summed E-state index contributed by atoms with van der Waals surface area (Å²) in [4.78, 5) is 0. The van der Waals surface area contributed by atoms with Gasteiger partial charge in [-0.05, 0) is 35.7 Å². The number of nitrogens with two attached hydrogens (primary N) is 1. The maximum absolute atomic E-state index is 13.4. The Kier molecular flexibility index (Phi) is 4.66. The highest BCUT2D eigenvalue weighted by Gasteiger charge is 2.16. The molecule has 0 heterocycles. The molecule has 0 aromatic heterocycles. The van der Waals surface area contributed by atoms with Crippen molar-refractivity contribution in [3.05, 3.63) is 71.0 Å². The van der Waals surface area contributed by atoms with Crippen molar-refractivity contribution in [2.75, 3.05) is 13.2 Å². The van der Waals surface area contributed by atoms with Gasteiger partial charge in [-0.15, -0.1) is 0 Å². The molecule has 2 N–H and O–H groups in total. The molecule has 19 heavy (non-hydrogen) atoms. The molecule has 0 aliphatic heterocycles. The fourth-order valence-corrected chi connectivity index (χ4v) is 2.10. The number of aryl methyl sites for hydroxylation is 1. The van der Waals surface area contributed by atoms with Gasteiger partial charge in [0.15, 0.2) is 0 Å². The lowest BCUT2D eigenvalue weighted by Gasteiger charge is -2.20. The van der Waals surface area contributed by atoms with E-state index in [9.17, 15) is 4.39 Å². The van der Waals surface area contributed by atoms with Crippen LogP contribution in [0.3, 0.4) is 0 Å². The van der Waals surface area contributed by atoms with Crippen molar-refractivity contribution in [1.82, 2.24) is 0 Å². The number of rotatable bonds is 5. The van der Waals surface area contributed by atoms with Crippen LogP contribution in [0.4, 0.5) is 4.39 Å². The van der Waals surface area contributed by atoms with E-state index in [1.807, 2.05) is 37.3 Å². The Bertz CT molecular complexity index is 542. The zero-order valence-electron chi connectivity index (χ0n) is 11.0. The van der Waals surface area contributed by atoms with Gasteiger partial charge in [0.25, 0.3) is 0 Å². The first-order chi connectivity index (χ1) is 9.22. The highest BCUT2D eigenvalue weighted by molar-refractivity contribution is 5.35. The Morgan fingerprint density at radius 1 is 1.16 bits per heavy atom. The fourth-order valence-electron chi connectivity index (χ4n) is 2.10. The zero-order valence-corrected chi connectivity index (χ0v) is 11.0. The van der Waals surface area contributed by atoms with Crippen LogP contribution in [-0.2, 0) is 4.74 Å². The van der Waals surface area contributed by atoms with Gasteiger partial charge in [0.05, 0.1) is 6.61 Å². The molecule has 0 bridgehead atoms. The highest BCUT2D eigenvalue weighted by Crippen LogP contribution is 2.28. The van der Waals surface area contributed by atoms with Crippen LogP contribution < -0.4 is 5.73 Å². The number of benzene rings is 2. The third-order valence-electron chi connectivity index (χ3n) is 3.02. The van der Waals surface area contributed by atoms with Gasteiger partial charge < -0.3 is 10.5 Å². The van der Waals surface area contributed by atoms with E-state index in [1.54, 1.807) is 6.07 Å². The summed E-state index contributed by atoms with van der Waals surface area (Å²) in [7, 11) is 0. The van der Waals surface area contributed by atoms with Crippen LogP contribution in [0.1, 0.15) is 22.8 Å². The normalized spacial score (nSPS) is 12.4. The molecular weight excluding hydrogens is 241 g/mol. The third-order valence-corrected chi connectivity index (χ3v) is 3.02. The summed E-state index contributed by atoms with van der Waals surface area (Å²) >= 11 is 0. The van der Waals surface area contributed by atoms with Crippen LogP contribution in [0, 0.1) is 12.7 Å². The minimum Gasteiger partial charge on any atom is -0.367 e. The molecular formula is C16H18FNO. The molecule has 0 aliphatic carbocycles. The lowest BCUT2D eigenvalue weighted by molar-refractivity contribution is 0.0858. The summed E-state index contributed by atoms with van der Waals surface area (Å²) in [5, 5.41) is 0. The van der Waals surface area contributed by atoms with Gasteiger partial charge in [0.1, 0.15) is 11.9 Å². The second-order valence-electron chi connectivity index (χ2n) is 4.45. The van der Waals surface area contributed by atoms with Gasteiger partial charge in [0.2, 0.25) is 0 Å². The van der Waals surface area contributed by atoms with Gasteiger partial charge in [-0.1, -0.05) is 36.4 Å². The predicted molar refractivity (Wildman–Crippen MR) is 74.4 cm³/mol. The molecule has 2 rings (SSSR count). The Morgan fingerprint density at radius 2 is 1.95 bits per heavy atom. The second-order valence-corrected chi connectivity index (χ2v) is 4.45. The molecule has 0 fully saturated rings. The highest BCUT2D eigenvalue weighted by atomic mass is 19.1. The Balaban J connectivity index is 2.38. The molecule has 3 heteroatoms. The summed E-state index contributed by atoms with van der Waals surface area (Å²) in [6, 6.07) is 14.5. The molecule has 0 aliphatic rings. The molecule has 0 radical (unpaired) electrons. The summed E-state index contributed by atoms with van der Waals surface area (Å²) in [6.45, 7) is 2.90. The van der Waals surface area contributed by atoms with Crippen molar-refractivity contribution < 1.29 is 9.13 Å². The summed E-state index contributed by atoms with van der Waals surface area (Å²) in [5.74, 6) is -0.257. The maximum Gasteiger partial charge on any atom is 0.123 e. The largest absolute Gasteiger partial charge is 0.367 e. The molecule has 1 atom stereocenters. The lowest BCUT2D eigenvalue weighted by Crippen LogP contribution is -2.14. The average molecular weight is 259 g/mol. The zero-order chi connectivity index (χ0) is 13.7. The fraction of sp³-hybridized carbons (Fsp3) is 0.250. The quantitative estimate of drug-likeness (QED) is 0.895. The molecule has 2 aromatic rings. The van der Waals surface area contributed by atoms with Gasteiger partial charge in [-0.25, -0.2) is 4.39 Å². The van der Waals surface area contributed by atoms with E-state index in [2.05, 4.69) is 0 Å². The van der Waals surface area contributed by atoms with E-state index in [1.165, 1.54) is 12.1 Å². The molecule has 2 aromatic carbocycles. The molecule has 1 unspecified atom stereocenters. The third kappa shape index (κ3) is 3.40. The van der Waals surface area contributed by atoms with Crippen LogP contribution in [0.15, 0.2) is 48.5 Å². The minimum absolute atomic E-state index is 0.257. The number of hydrogen-bond donors (Lipinski definition) is 1. The Morgan fingerprint density at radius 3 is 2.63 bits per heavy atom. The van der Waals surface area contributed by atoms with E-state index < -0.39 is 0 Å². The first-order valence-electron chi connectivity index (χ1n) is 6.35. The van der Waals surface area contributed by atoms with E-state index in [4.69, 9.17) is 10.5 Å². The molecule has 2 nitrogen and oxygen atoms in total. The molecule has 0 saturated heterocycles. The standard InChI is InChI=1S/C16H18FNO/c1-12-5-2-3-8-15(12)16(19-10-9-18)13-6-4-7-14(17)11-13/h2-8,11,16H,9-10,18H2,1H3. The van der Waals surface area contributed by atoms with Crippen LogP contribution >= 0.6 is 0 Å². The number of hydrogen-bond acceptors (Lipinski definition) is 2. The topological polar surface area (TPSA) is 35.2 Å². The Hall–Kier alpha value is -1.71. The number of halogens is 1. The molecule has 0 amide bonds. The van der Waals surface area contributed by atoms with E-state index in [0.717, 1.165) is 16.7 Å². The average Bonchev–Trinajstić information content (AvgIpc) is 2.41. The molecule has 0 spiro atoms. The Labute approximate surface area is 113 Å². The molecule has 0 saturated carbocycles. The van der Waals surface area contributed by atoms with Crippen molar-refractivity contribution in [2.24, 2.45) is 5.73 Å². The smallest absolute Gasteiger partial charge is 0.123 e. The monoisotopic (exact) mass is 259 g/mol. The first-order valence-corrected chi connectivity index (χ1v) is 6.35. The van der Waals surface area contributed by atoms with Gasteiger partial charge in [0, 0.05) is 6.54 Å². The van der Waals surface area contributed by atoms with Crippen molar-refractivity contribution in [3.8, 4) is 0 Å². The van der Waals surface area contributed by atoms with Gasteiger partial charge in [-0.3, -0.25) is 0 Å². The van der Waals surface area contributed by atoms with E-state index in [-0.39, 0.29) is 11.9 Å². The van der Waals surface area contributed by atoms with Gasteiger partial charge >= 0.3 is 0 Å². The predicted octanol–water partition coefficient (Wildman–Crippen LogP) is 3.20. The first kappa shape index (κ1) is 13.7. The van der Waals surface area contributed by atoms with E-state index in [0.29, 0.717) is 13.2 Å². The summed E-state index contributed by atoms with van der Waals surface area (Å²) in [5.41, 5.74) is 8.47. The van der Waals surface area contributed by atoms with Gasteiger partial charge in [-0.2, -0.15) is 0 Å².